The number of carbonyl (C=O) groups excluding carboxylic acids is 3. The number of nitrogens with one attached hydrogen (secondary N) is 2. The van der Waals surface area contributed by atoms with Crippen LogP contribution in [0.5, 0.6) is 0 Å². The number of rotatable bonds is 22. The third kappa shape index (κ3) is 14.8. The molecule has 312 valence electrons. The number of nitrogen functional groups attached to an aromatic ring is 1. The number of phosphoric acid groups is 3. The van der Waals surface area contributed by atoms with Crippen LogP contribution < -0.4 is 16.4 Å². The number of phosphoric ester groups is 3. The van der Waals surface area contributed by atoms with E-state index in [2.05, 4.69) is 34.4 Å². The van der Waals surface area contributed by atoms with Crippen LogP contribution in [0.1, 0.15) is 53.2 Å². The number of hydrogen-bond donors (Lipinski definition) is 9. The average Bonchev–Trinajstić information content (AvgIpc) is 3.63. The zero-order valence-electron chi connectivity index (χ0n) is 30.1. The van der Waals surface area contributed by atoms with Crippen molar-refractivity contribution in [2.45, 2.75) is 77.6 Å². The van der Waals surface area contributed by atoms with E-state index in [9.17, 15) is 57.9 Å². The van der Waals surface area contributed by atoms with Crippen molar-refractivity contribution in [2.75, 3.05) is 37.8 Å². The van der Waals surface area contributed by atoms with Crippen molar-refractivity contribution >= 4 is 69.1 Å². The van der Waals surface area contributed by atoms with E-state index in [-0.39, 0.29) is 41.6 Å². The summed E-state index contributed by atoms with van der Waals surface area (Å²) in [5.74, 6) is -0.653. The van der Waals surface area contributed by atoms with Gasteiger partial charge in [0.25, 0.3) is 0 Å². The number of nitrogens with zero attached hydrogens (tertiary/aromatic N) is 4. The fourth-order valence-corrected chi connectivity index (χ4v) is 8.30. The van der Waals surface area contributed by atoms with E-state index >= 15 is 0 Å². The normalized spacial score (nSPS) is 21.9. The van der Waals surface area contributed by atoms with Crippen LogP contribution in [0.15, 0.2) is 12.7 Å². The Morgan fingerprint density at radius 1 is 1.04 bits per heavy atom. The van der Waals surface area contributed by atoms with Gasteiger partial charge in [-0.3, -0.25) is 32.5 Å². The second-order valence-corrected chi connectivity index (χ2v) is 18.6. The third-order valence-corrected chi connectivity index (χ3v) is 11.7. The minimum Gasteiger partial charge on any atom is -0.386 e. The zero-order chi connectivity index (χ0) is 41.4. The van der Waals surface area contributed by atoms with Crippen molar-refractivity contribution in [1.82, 2.24) is 30.2 Å². The van der Waals surface area contributed by atoms with Crippen molar-refractivity contribution in [3.63, 3.8) is 0 Å². The Hall–Kier alpha value is -2.44. The van der Waals surface area contributed by atoms with Gasteiger partial charge in [-0.05, 0) is 12.3 Å². The molecule has 55 heavy (non-hydrogen) atoms. The molecule has 0 radical (unpaired) electrons. The summed E-state index contributed by atoms with van der Waals surface area (Å²) in [6.07, 6.45) is -5.67. The van der Waals surface area contributed by atoms with Crippen molar-refractivity contribution in [3.8, 4) is 0 Å². The maximum atomic E-state index is 12.7. The molecule has 2 aromatic rings. The number of aliphatic hydroxyl groups excluding tert-OH is 2. The van der Waals surface area contributed by atoms with Gasteiger partial charge in [-0.25, -0.2) is 28.6 Å². The maximum absolute atomic E-state index is 12.7. The molecule has 1 fully saturated rings. The van der Waals surface area contributed by atoms with Crippen LogP contribution in [0.2, 0.25) is 0 Å². The summed E-state index contributed by atoms with van der Waals surface area (Å²) in [6, 6.07) is 0. The first-order valence-corrected chi connectivity index (χ1v) is 22.0. The van der Waals surface area contributed by atoms with E-state index in [4.69, 9.17) is 19.5 Å². The highest BCUT2D eigenvalue weighted by molar-refractivity contribution is 8.13. The molecule has 3 rings (SSSR count). The van der Waals surface area contributed by atoms with E-state index < -0.39 is 84.6 Å². The monoisotopic (exact) mass is 865 g/mol. The molecule has 0 aliphatic carbocycles. The highest BCUT2D eigenvalue weighted by atomic mass is 32.2. The number of nitrogens with two attached hydrogens (primary N) is 1. The molecule has 10 N–H and O–H groups in total. The van der Waals surface area contributed by atoms with E-state index in [1.54, 1.807) is 0 Å². The molecule has 2 amide bonds. The lowest BCUT2D eigenvalue weighted by atomic mass is 9.87. The van der Waals surface area contributed by atoms with Gasteiger partial charge in [0.05, 0.1) is 19.5 Å². The van der Waals surface area contributed by atoms with Crippen LogP contribution in [-0.4, -0.2) is 123 Å². The predicted molar refractivity (Wildman–Crippen MR) is 191 cm³/mol. The highest BCUT2D eigenvalue weighted by Crippen LogP contribution is 2.61. The molecule has 24 nitrogen and oxygen atoms in total. The average molecular weight is 866 g/mol. The van der Waals surface area contributed by atoms with E-state index in [1.807, 2.05) is 13.8 Å². The Bertz CT molecular complexity index is 1800. The number of thioether (sulfide) groups is 1. The first-order valence-electron chi connectivity index (χ1n) is 16.5. The van der Waals surface area contributed by atoms with Gasteiger partial charge in [-0.1, -0.05) is 39.5 Å². The number of imidazole rings is 1. The summed E-state index contributed by atoms with van der Waals surface area (Å²) in [5, 5.41) is 26.4. The molecule has 1 saturated heterocycles. The number of aromatic nitrogens is 4. The van der Waals surface area contributed by atoms with Gasteiger partial charge in [-0.15, -0.1) is 0 Å². The molecule has 28 heteroatoms. The molecular weight excluding hydrogens is 819 g/mol. The van der Waals surface area contributed by atoms with Gasteiger partial charge in [0, 0.05) is 37.1 Å². The molecular formula is C27H46N7O17P3S. The van der Waals surface area contributed by atoms with Crippen LogP contribution in [0.4, 0.5) is 5.82 Å². The lowest BCUT2D eigenvalue weighted by Gasteiger charge is -2.30. The maximum Gasteiger partial charge on any atom is 0.481 e. The Morgan fingerprint density at radius 2 is 1.71 bits per heavy atom. The van der Waals surface area contributed by atoms with E-state index in [1.165, 1.54) is 13.8 Å². The van der Waals surface area contributed by atoms with Gasteiger partial charge in [0.15, 0.2) is 22.8 Å². The summed E-state index contributed by atoms with van der Waals surface area (Å²) in [6.45, 7) is 4.56. The molecule has 1 aliphatic rings. The smallest absolute Gasteiger partial charge is 0.386 e. The minimum absolute atomic E-state index is 0.0277. The quantitative estimate of drug-likeness (QED) is 0.0560. The first-order chi connectivity index (χ1) is 25.4. The second-order valence-electron chi connectivity index (χ2n) is 13.2. The molecule has 2 aromatic heterocycles. The number of fused-ring (bicyclic) bond motifs is 1. The molecule has 0 bridgehead atoms. The van der Waals surface area contributed by atoms with Gasteiger partial charge < -0.3 is 50.9 Å². The van der Waals surface area contributed by atoms with E-state index in [0.29, 0.717) is 18.1 Å². The summed E-state index contributed by atoms with van der Waals surface area (Å²) in [4.78, 5) is 87.3. The van der Waals surface area contributed by atoms with Gasteiger partial charge in [0.1, 0.15) is 36.3 Å². The lowest BCUT2D eigenvalue weighted by Crippen LogP contribution is -2.46. The lowest BCUT2D eigenvalue weighted by molar-refractivity contribution is -0.137. The van der Waals surface area contributed by atoms with Crippen LogP contribution in [-0.2, 0) is 50.7 Å². The van der Waals surface area contributed by atoms with E-state index in [0.717, 1.165) is 35.4 Å². The summed E-state index contributed by atoms with van der Waals surface area (Å²) in [7, 11) is -16.4. The highest BCUT2D eigenvalue weighted by Gasteiger charge is 2.50. The minimum atomic E-state index is -5.56. The summed E-state index contributed by atoms with van der Waals surface area (Å²) >= 11 is 1.11. The third-order valence-electron chi connectivity index (χ3n) is 7.69. The number of anilines is 1. The molecule has 3 heterocycles. The fraction of sp³-hybridized carbons (Fsp3) is 0.704. The van der Waals surface area contributed by atoms with Crippen LogP contribution in [0.25, 0.3) is 11.2 Å². The molecule has 1 aliphatic heterocycles. The Balaban J connectivity index is 1.49. The molecule has 0 aromatic carbocycles. The molecule has 0 saturated carbocycles. The topological polar surface area (TPSA) is 364 Å². The standard InChI is InChI=1S/C27H46N7O17P3S/c1-15(2)5-6-18(36)55-10-9-29-17(35)7-8-30-25(39)22(38)27(3,4)12-48-54(45,46)51-53(43,44)47-11-16-21(50-52(40,41)42)20(37)26(49-16)34-14-33-19-23(28)31-13-32-24(19)34/h13-16,20-22,26,37-38H,5-12H2,1-4H3,(H,29,35)(H,30,39)(H,43,44)(H,45,46)(H2,28,31,32)(H2,40,41,42)/t16-,20-,21-,22?,26-/m1/s1. The van der Waals surface area contributed by atoms with Crippen LogP contribution in [0, 0.1) is 11.3 Å². The van der Waals surface area contributed by atoms with Crippen molar-refractivity contribution in [2.24, 2.45) is 11.3 Å². The number of hydrogen-bond acceptors (Lipinski definition) is 18. The van der Waals surface area contributed by atoms with Gasteiger partial charge in [0.2, 0.25) is 11.8 Å². The zero-order valence-corrected chi connectivity index (χ0v) is 33.6. The van der Waals surface area contributed by atoms with Crippen molar-refractivity contribution in [3.05, 3.63) is 12.7 Å². The number of ether oxygens (including phenoxy) is 1. The Morgan fingerprint density at radius 3 is 2.36 bits per heavy atom. The Labute approximate surface area is 318 Å². The number of aliphatic hydroxyl groups is 2. The van der Waals surface area contributed by atoms with Gasteiger partial charge in [-0.2, -0.15) is 4.31 Å². The van der Waals surface area contributed by atoms with Crippen molar-refractivity contribution in [1.29, 1.82) is 0 Å². The second kappa shape index (κ2) is 19.8. The Kier molecular flexibility index (Phi) is 16.9. The van der Waals surface area contributed by atoms with Gasteiger partial charge >= 0.3 is 23.5 Å². The molecule has 7 atom stereocenters. The SMILES string of the molecule is CC(C)CCC(=O)SCCNC(=O)CCNC(=O)C(O)C(C)(C)COP(=O)(O)OP(=O)(O)OC[C@H]1O[C@@H](n2cnc3c(N)ncnc32)[C@H](O)[C@@H]1OP(=O)(O)O. The summed E-state index contributed by atoms with van der Waals surface area (Å²) < 4.78 is 62.1. The largest absolute Gasteiger partial charge is 0.481 e. The van der Waals surface area contributed by atoms with Crippen LogP contribution >= 0.6 is 35.2 Å². The first kappa shape index (κ1) is 46.9. The molecule has 0 spiro atoms. The van der Waals surface area contributed by atoms with Crippen molar-refractivity contribution < 1.29 is 80.5 Å². The number of carbonyl (C=O) groups is 3. The molecule has 3 unspecified atom stereocenters. The predicted octanol–water partition coefficient (Wildman–Crippen LogP) is 0.101. The summed E-state index contributed by atoms with van der Waals surface area (Å²) in [5.41, 5.74) is 4.27. The van der Waals surface area contributed by atoms with Crippen LogP contribution in [0.3, 0.4) is 0 Å². The fourth-order valence-electron chi connectivity index (χ4n) is 4.77. The number of amides is 2.